The molecule has 1 fully saturated rings. The maximum atomic E-state index is 12.3. The van der Waals surface area contributed by atoms with Crippen molar-refractivity contribution in [2.24, 2.45) is 5.92 Å². The highest BCUT2D eigenvalue weighted by molar-refractivity contribution is 7.13. The lowest BCUT2D eigenvalue weighted by molar-refractivity contribution is -0.134. The van der Waals surface area contributed by atoms with Gasteiger partial charge in [0.1, 0.15) is 0 Å². The molecule has 0 aromatic carbocycles. The molecule has 24 heavy (non-hydrogen) atoms. The SMILES string of the molecule is CC(=O)N1CCC(C(=O)NCc2ccnc(-c3cccs3)c2)CC1. The highest BCUT2D eigenvalue weighted by Crippen LogP contribution is 2.23. The number of thiophene rings is 1. The molecule has 0 unspecified atom stereocenters. The van der Waals surface area contributed by atoms with Crippen LogP contribution in [-0.4, -0.2) is 34.8 Å². The second-order valence-corrected chi connectivity index (χ2v) is 6.97. The minimum absolute atomic E-state index is 0.000737. The van der Waals surface area contributed by atoms with E-state index in [4.69, 9.17) is 0 Å². The number of rotatable bonds is 4. The van der Waals surface area contributed by atoms with Gasteiger partial charge >= 0.3 is 0 Å². The van der Waals surface area contributed by atoms with Gasteiger partial charge in [-0.2, -0.15) is 0 Å². The lowest BCUT2D eigenvalue weighted by Gasteiger charge is -2.30. The van der Waals surface area contributed by atoms with E-state index in [0.29, 0.717) is 19.6 Å². The summed E-state index contributed by atoms with van der Waals surface area (Å²) in [6, 6.07) is 7.99. The van der Waals surface area contributed by atoms with Crippen LogP contribution in [0, 0.1) is 5.92 Å². The van der Waals surface area contributed by atoms with Crippen molar-refractivity contribution in [3.05, 3.63) is 41.4 Å². The fourth-order valence-electron chi connectivity index (χ4n) is 2.93. The molecule has 6 heteroatoms. The number of likely N-dealkylation sites (tertiary alicyclic amines) is 1. The van der Waals surface area contributed by atoms with Crippen molar-refractivity contribution in [1.29, 1.82) is 0 Å². The van der Waals surface area contributed by atoms with E-state index in [1.807, 2.05) is 29.6 Å². The number of amides is 2. The Morgan fingerprint density at radius 3 is 2.79 bits per heavy atom. The van der Waals surface area contributed by atoms with E-state index < -0.39 is 0 Å². The molecule has 1 saturated heterocycles. The van der Waals surface area contributed by atoms with Gasteiger partial charge in [0.05, 0.1) is 10.6 Å². The first kappa shape index (κ1) is 16.6. The number of nitrogens with one attached hydrogen (secondary N) is 1. The molecule has 0 bridgehead atoms. The van der Waals surface area contributed by atoms with Crippen molar-refractivity contribution in [3.8, 4) is 10.6 Å². The Bertz CT molecular complexity index is 707. The Labute approximate surface area is 145 Å². The van der Waals surface area contributed by atoms with Crippen molar-refractivity contribution in [1.82, 2.24) is 15.2 Å². The monoisotopic (exact) mass is 343 g/mol. The third-order valence-electron chi connectivity index (χ3n) is 4.38. The summed E-state index contributed by atoms with van der Waals surface area (Å²) >= 11 is 1.65. The molecular weight excluding hydrogens is 322 g/mol. The predicted octanol–water partition coefficient (Wildman–Crippen LogP) is 2.68. The van der Waals surface area contributed by atoms with Gasteiger partial charge in [0.25, 0.3) is 0 Å². The Morgan fingerprint density at radius 1 is 1.33 bits per heavy atom. The number of carbonyl (C=O) groups excluding carboxylic acids is 2. The second-order valence-electron chi connectivity index (χ2n) is 6.02. The summed E-state index contributed by atoms with van der Waals surface area (Å²) in [6.45, 7) is 3.43. The minimum atomic E-state index is -0.000737. The number of carbonyl (C=O) groups is 2. The number of pyridine rings is 1. The molecule has 5 nitrogen and oxygen atoms in total. The summed E-state index contributed by atoms with van der Waals surface area (Å²) in [6.07, 6.45) is 3.26. The standard InChI is InChI=1S/C18H21N3O2S/c1-13(22)21-8-5-15(6-9-21)18(23)20-12-14-4-7-19-16(11-14)17-3-2-10-24-17/h2-4,7,10-11,15H,5-6,8-9,12H2,1H3,(H,20,23). The first-order valence-corrected chi connectivity index (χ1v) is 9.03. The van der Waals surface area contributed by atoms with Gasteiger partial charge in [0.15, 0.2) is 0 Å². The van der Waals surface area contributed by atoms with E-state index in [1.54, 1.807) is 29.4 Å². The average molecular weight is 343 g/mol. The quantitative estimate of drug-likeness (QED) is 0.928. The van der Waals surface area contributed by atoms with Crippen LogP contribution < -0.4 is 5.32 Å². The van der Waals surface area contributed by atoms with Crippen LogP contribution in [0.15, 0.2) is 35.8 Å². The fraction of sp³-hybridized carbons (Fsp3) is 0.389. The zero-order valence-electron chi connectivity index (χ0n) is 13.7. The van der Waals surface area contributed by atoms with Crippen LogP contribution in [0.3, 0.4) is 0 Å². The largest absolute Gasteiger partial charge is 0.352 e. The number of hydrogen-bond donors (Lipinski definition) is 1. The predicted molar refractivity (Wildman–Crippen MR) is 94.4 cm³/mol. The van der Waals surface area contributed by atoms with Crippen LogP contribution in [0.4, 0.5) is 0 Å². The van der Waals surface area contributed by atoms with Crippen molar-refractivity contribution in [3.63, 3.8) is 0 Å². The van der Waals surface area contributed by atoms with E-state index in [2.05, 4.69) is 10.3 Å². The second kappa shape index (κ2) is 7.57. The van der Waals surface area contributed by atoms with Gasteiger partial charge < -0.3 is 10.2 Å². The van der Waals surface area contributed by atoms with E-state index >= 15 is 0 Å². The molecule has 1 N–H and O–H groups in total. The minimum Gasteiger partial charge on any atom is -0.352 e. The molecule has 0 radical (unpaired) electrons. The Kier molecular flexibility index (Phi) is 5.25. The zero-order valence-corrected chi connectivity index (χ0v) is 14.5. The molecule has 0 saturated carbocycles. The smallest absolute Gasteiger partial charge is 0.223 e. The van der Waals surface area contributed by atoms with E-state index in [9.17, 15) is 9.59 Å². The normalized spacial score (nSPS) is 15.3. The summed E-state index contributed by atoms with van der Waals surface area (Å²) in [5.41, 5.74) is 1.98. The molecular formula is C18H21N3O2S. The molecule has 1 aliphatic heterocycles. The summed E-state index contributed by atoms with van der Waals surface area (Å²) < 4.78 is 0. The van der Waals surface area contributed by atoms with Gasteiger partial charge in [0.2, 0.25) is 11.8 Å². The summed E-state index contributed by atoms with van der Waals surface area (Å²) in [5.74, 6) is 0.165. The third-order valence-corrected chi connectivity index (χ3v) is 5.27. The van der Waals surface area contributed by atoms with Gasteiger partial charge in [-0.3, -0.25) is 14.6 Å². The molecule has 0 spiro atoms. The van der Waals surface area contributed by atoms with Crippen molar-refractivity contribution >= 4 is 23.2 Å². The first-order valence-electron chi connectivity index (χ1n) is 8.15. The van der Waals surface area contributed by atoms with Crippen LogP contribution in [0.25, 0.3) is 10.6 Å². The van der Waals surface area contributed by atoms with Crippen LogP contribution in [0.1, 0.15) is 25.3 Å². The van der Waals surface area contributed by atoms with Crippen LogP contribution in [0.5, 0.6) is 0 Å². The van der Waals surface area contributed by atoms with E-state index in [0.717, 1.165) is 29.0 Å². The zero-order chi connectivity index (χ0) is 16.9. The number of hydrogen-bond acceptors (Lipinski definition) is 4. The Morgan fingerprint density at radius 2 is 2.12 bits per heavy atom. The third kappa shape index (κ3) is 4.00. The highest BCUT2D eigenvalue weighted by atomic mass is 32.1. The van der Waals surface area contributed by atoms with Gasteiger partial charge in [-0.05, 0) is 42.0 Å². The lowest BCUT2D eigenvalue weighted by Crippen LogP contribution is -2.42. The highest BCUT2D eigenvalue weighted by Gasteiger charge is 2.25. The van der Waals surface area contributed by atoms with Gasteiger partial charge in [-0.1, -0.05) is 6.07 Å². The molecule has 126 valence electrons. The number of nitrogens with zero attached hydrogens (tertiary/aromatic N) is 2. The molecule has 2 aromatic rings. The van der Waals surface area contributed by atoms with Gasteiger partial charge in [0, 0.05) is 38.7 Å². The van der Waals surface area contributed by atoms with Crippen LogP contribution >= 0.6 is 11.3 Å². The van der Waals surface area contributed by atoms with Gasteiger partial charge in [-0.25, -0.2) is 0 Å². The molecule has 3 rings (SSSR count). The van der Waals surface area contributed by atoms with Crippen molar-refractivity contribution in [2.75, 3.05) is 13.1 Å². The summed E-state index contributed by atoms with van der Waals surface area (Å²) in [7, 11) is 0. The molecule has 2 aromatic heterocycles. The number of aromatic nitrogens is 1. The van der Waals surface area contributed by atoms with Crippen molar-refractivity contribution < 1.29 is 9.59 Å². The van der Waals surface area contributed by atoms with Crippen LogP contribution in [0.2, 0.25) is 0 Å². The fourth-order valence-corrected chi connectivity index (χ4v) is 3.63. The van der Waals surface area contributed by atoms with Crippen molar-refractivity contribution in [2.45, 2.75) is 26.3 Å². The average Bonchev–Trinajstić information content (AvgIpc) is 3.15. The molecule has 2 amide bonds. The maximum absolute atomic E-state index is 12.3. The molecule has 3 heterocycles. The van der Waals surface area contributed by atoms with E-state index in [-0.39, 0.29) is 17.7 Å². The lowest BCUT2D eigenvalue weighted by atomic mass is 9.96. The molecule has 0 aliphatic carbocycles. The van der Waals surface area contributed by atoms with Gasteiger partial charge in [-0.15, -0.1) is 11.3 Å². The number of piperidine rings is 1. The summed E-state index contributed by atoms with van der Waals surface area (Å²) in [5, 5.41) is 5.05. The van der Waals surface area contributed by atoms with E-state index in [1.165, 1.54) is 0 Å². The molecule has 0 atom stereocenters. The topological polar surface area (TPSA) is 62.3 Å². The molecule has 1 aliphatic rings. The Balaban J connectivity index is 1.53. The Hall–Kier alpha value is -2.21. The van der Waals surface area contributed by atoms with Crippen LogP contribution in [-0.2, 0) is 16.1 Å². The first-order chi connectivity index (χ1) is 11.6. The maximum Gasteiger partial charge on any atom is 0.223 e. The summed E-state index contributed by atoms with van der Waals surface area (Å²) in [4.78, 5) is 31.0.